The third-order valence-electron chi connectivity index (χ3n) is 3.59. The third-order valence-corrected chi connectivity index (χ3v) is 5.69. The number of hydrogen-bond donors (Lipinski definition) is 0. The van der Waals surface area contributed by atoms with E-state index in [0.29, 0.717) is 0 Å². The molecule has 1 rings (SSSR count). The van der Waals surface area contributed by atoms with Crippen molar-refractivity contribution in [3.05, 3.63) is 35.4 Å². The van der Waals surface area contributed by atoms with Crippen LogP contribution in [0.15, 0.2) is 18.2 Å². The van der Waals surface area contributed by atoms with Gasteiger partial charge in [-0.25, -0.2) is 8.78 Å². The summed E-state index contributed by atoms with van der Waals surface area (Å²) in [5, 5.41) is 0. The highest BCUT2D eigenvalue weighted by Gasteiger charge is 2.12. The standard InChI is InChI=1S/C18H30F2O2Si/c1-3-10-21-23(22-11-4-2)12-8-6-5-7-9-16-13-17(19)15-18(20)14-16/h13-15,23H,3-12H2,1-2H3. The van der Waals surface area contributed by atoms with Crippen molar-refractivity contribution in [1.29, 1.82) is 0 Å². The van der Waals surface area contributed by atoms with Gasteiger partial charge in [-0.15, -0.1) is 0 Å². The molecule has 23 heavy (non-hydrogen) atoms. The Morgan fingerprint density at radius 1 is 0.826 bits per heavy atom. The predicted molar refractivity (Wildman–Crippen MR) is 93.0 cm³/mol. The minimum absolute atomic E-state index is 0.491. The second kappa shape index (κ2) is 12.6. The maximum Gasteiger partial charge on any atom is 0.321 e. The molecule has 132 valence electrons. The van der Waals surface area contributed by atoms with Crippen LogP contribution in [0.25, 0.3) is 0 Å². The summed E-state index contributed by atoms with van der Waals surface area (Å²) in [6.07, 6.45) is 7.05. The Bertz CT molecular complexity index is 401. The Kier molecular flexibility index (Phi) is 11.1. The van der Waals surface area contributed by atoms with Crippen molar-refractivity contribution >= 4 is 9.28 Å². The first kappa shape index (κ1) is 20.3. The fourth-order valence-corrected chi connectivity index (χ4v) is 4.51. The van der Waals surface area contributed by atoms with E-state index in [1.54, 1.807) is 0 Å². The molecule has 1 aromatic rings. The predicted octanol–water partition coefficient (Wildman–Crippen LogP) is 5.14. The molecule has 2 nitrogen and oxygen atoms in total. The molecular weight excluding hydrogens is 314 g/mol. The van der Waals surface area contributed by atoms with Crippen molar-refractivity contribution in [2.75, 3.05) is 13.2 Å². The van der Waals surface area contributed by atoms with Gasteiger partial charge in [-0.2, -0.15) is 0 Å². The molecule has 0 saturated heterocycles. The van der Waals surface area contributed by atoms with Gasteiger partial charge in [-0.05, 0) is 49.4 Å². The third kappa shape index (κ3) is 9.84. The second-order valence-electron chi connectivity index (χ2n) is 5.90. The molecule has 0 N–H and O–H groups in total. The molecule has 0 unspecified atom stereocenters. The van der Waals surface area contributed by atoms with E-state index in [1.165, 1.54) is 12.1 Å². The Hall–Kier alpha value is -0.783. The minimum Gasteiger partial charge on any atom is -0.397 e. The molecule has 0 aliphatic carbocycles. The zero-order valence-corrected chi connectivity index (χ0v) is 15.6. The van der Waals surface area contributed by atoms with Gasteiger partial charge < -0.3 is 8.85 Å². The number of halogens is 2. The smallest absolute Gasteiger partial charge is 0.321 e. The molecule has 0 saturated carbocycles. The van der Waals surface area contributed by atoms with Crippen molar-refractivity contribution < 1.29 is 17.6 Å². The van der Waals surface area contributed by atoms with Gasteiger partial charge in [0, 0.05) is 19.3 Å². The van der Waals surface area contributed by atoms with Crippen LogP contribution in [0.4, 0.5) is 8.78 Å². The summed E-state index contributed by atoms with van der Waals surface area (Å²) in [5.41, 5.74) is 0.743. The van der Waals surface area contributed by atoms with E-state index in [1.807, 2.05) is 0 Å². The lowest BCUT2D eigenvalue weighted by Gasteiger charge is -2.16. The summed E-state index contributed by atoms with van der Waals surface area (Å²) in [6, 6.07) is 4.81. The quantitative estimate of drug-likeness (QED) is 0.364. The van der Waals surface area contributed by atoms with Gasteiger partial charge in [0.25, 0.3) is 0 Å². The van der Waals surface area contributed by atoms with Crippen LogP contribution in [0.5, 0.6) is 0 Å². The lowest BCUT2D eigenvalue weighted by Crippen LogP contribution is -2.23. The van der Waals surface area contributed by atoms with Crippen molar-refractivity contribution in [2.45, 2.75) is 64.8 Å². The topological polar surface area (TPSA) is 18.5 Å². The maximum absolute atomic E-state index is 13.1. The molecule has 0 amide bonds. The summed E-state index contributed by atoms with van der Waals surface area (Å²) in [6.45, 7) is 5.82. The van der Waals surface area contributed by atoms with Crippen LogP contribution in [0.2, 0.25) is 6.04 Å². The van der Waals surface area contributed by atoms with E-state index in [4.69, 9.17) is 8.85 Å². The molecule has 0 atom stereocenters. The van der Waals surface area contributed by atoms with Gasteiger partial charge in [-0.1, -0.05) is 33.1 Å². The number of unbranched alkanes of at least 4 members (excludes halogenated alkanes) is 3. The molecule has 0 aliphatic heterocycles. The van der Waals surface area contributed by atoms with Crippen LogP contribution in [0.1, 0.15) is 57.9 Å². The van der Waals surface area contributed by atoms with Gasteiger partial charge >= 0.3 is 9.28 Å². The molecule has 1 aromatic carbocycles. The fraction of sp³-hybridized carbons (Fsp3) is 0.667. The van der Waals surface area contributed by atoms with Crippen molar-refractivity contribution in [2.24, 2.45) is 0 Å². The lowest BCUT2D eigenvalue weighted by atomic mass is 10.1. The van der Waals surface area contributed by atoms with E-state index < -0.39 is 20.9 Å². The number of hydrogen-bond acceptors (Lipinski definition) is 2. The first-order valence-corrected chi connectivity index (χ1v) is 10.6. The fourth-order valence-electron chi connectivity index (χ4n) is 2.46. The second-order valence-corrected chi connectivity index (χ2v) is 8.00. The lowest BCUT2D eigenvalue weighted by molar-refractivity contribution is 0.195. The SMILES string of the molecule is CCCO[SiH](CCCCCCc1cc(F)cc(F)c1)OCCC. The Balaban J connectivity index is 2.15. The average molecular weight is 345 g/mol. The van der Waals surface area contributed by atoms with Crippen LogP contribution >= 0.6 is 0 Å². The Morgan fingerprint density at radius 2 is 1.39 bits per heavy atom. The molecule has 0 radical (unpaired) electrons. The summed E-state index contributed by atoms with van der Waals surface area (Å²) < 4.78 is 37.8. The zero-order valence-electron chi connectivity index (χ0n) is 14.5. The van der Waals surface area contributed by atoms with Gasteiger partial charge in [0.05, 0.1) is 0 Å². The summed E-state index contributed by atoms with van der Waals surface area (Å²) in [5.74, 6) is -0.982. The van der Waals surface area contributed by atoms with E-state index in [2.05, 4.69) is 13.8 Å². The Labute approximate surface area is 141 Å². The largest absolute Gasteiger partial charge is 0.397 e. The highest BCUT2D eigenvalue weighted by Crippen LogP contribution is 2.14. The summed E-state index contributed by atoms with van der Waals surface area (Å²) >= 11 is 0. The van der Waals surface area contributed by atoms with Crippen molar-refractivity contribution in [3.63, 3.8) is 0 Å². The van der Waals surface area contributed by atoms with Crippen LogP contribution in [0, 0.1) is 11.6 Å². The number of rotatable bonds is 13. The molecule has 5 heteroatoms. The molecular formula is C18H30F2O2Si. The van der Waals surface area contributed by atoms with Gasteiger partial charge in [0.15, 0.2) is 0 Å². The summed E-state index contributed by atoms with van der Waals surface area (Å²) in [4.78, 5) is 0. The molecule has 0 spiro atoms. The van der Waals surface area contributed by atoms with Crippen LogP contribution in [-0.2, 0) is 15.3 Å². The van der Waals surface area contributed by atoms with Crippen LogP contribution in [-0.4, -0.2) is 22.5 Å². The highest BCUT2D eigenvalue weighted by atomic mass is 28.3. The molecule has 0 heterocycles. The van der Waals surface area contributed by atoms with Crippen molar-refractivity contribution in [1.82, 2.24) is 0 Å². The van der Waals surface area contributed by atoms with Crippen LogP contribution in [0.3, 0.4) is 0 Å². The van der Waals surface area contributed by atoms with Gasteiger partial charge in [0.1, 0.15) is 11.6 Å². The van der Waals surface area contributed by atoms with E-state index >= 15 is 0 Å². The van der Waals surface area contributed by atoms with Gasteiger partial charge in [0.2, 0.25) is 0 Å². The first-order chi connectivity index (χ1) is 11.2. The average Bonchev–Trinajstić information content (AvgIpc) is 2.51. The normalized spacial score (nSPS) is 11.3. The summed E-state index contributed by atoms with van der Waals surface area (Å²) in [7, 11) is -1.49. The van der Waals surface area contributed by atoms with Crippen molar-refractivity contribution in [3.8, 4) is 0 Å². The zero-order chi connectivity index (χ0) is 16.9. The monoisotopic (exact) mass is 344 g/mol. The maximum atomic E-state index is 13.1. The molecule has 0 aliphatic rings. The van der Waals surface area contributed by atoms with Crippen LogP contribution < -0.4 is 0 Å². The Morgan fingerprint density at radius 3 is 1.96 bits per heavy atom. The number of benzene rings is 1. The van der Waals surface area contributed by atoms with E-state index in [-0.39, 0.29) is 0 Å². The van der Waals surface area contributed by atoms with E-state index in [0.717, 1.165) is 75.8 Å². The molecule has 0 fully saturated rings. The minimum atomic E-state index is -1.49. The molecule has 0 bridgehead atoms. The first-order valence-electron chi connectivity index (χ1n) is 8.83. The highest BCUT2D eigenvalue weighted by molar-refractivity contribution is 6.44. The number of aryl methyl sites for hydroxylation is 1. The molecule has 0 aromatic heterocycles. The van der Waals surface area contributed by atoms with Gasteiger partial charge in [-0.3, -0.25) is 0 Å². The van der Waals surface area contributed by atoms with E-state index in [9.17, 15) is 8.78 Å².